The Hall–Kier alpha value is -1.05. The van der Waals surface area contributed by atoms with E-state index in [1.807, 2.05) is 0 Å². The van der Waals surface area contributed by atoms with Gasteiger partial charge in [-0.05, 0) is 154 Å². The zero-order valence-corrected chi connectivity index (χ0v) is 36.6. The topological polar surface area (TPSA) is 26.3 Å². The molecule has 4 fully saturated rings. The average molecular weight is 735 g/mol. The first-order valence-corrected chi connectivity index (χ1v) is 24.1. The van der Waals surface area contributed by atoms with E-state index in [0.717, 1.165) is 73.0 Å². The molecule has 0 bridgehead atoms. The summed E-state index contributed by atoms with van der Waals surface area (Å²) in [5.41, 5.74) is 1.02. The van der Waals surface area contributed by atoms with E-state index in [1.165, 1.54) is 148 Å². The molecule has 0 aromatic carbocycles. The van der Waals surface area contributed by atoms with Crippen LogP contribution in [0.25, 0.3) is 0 Å². The van der Waals surface area contributed by atoms with Crippen molar-refractivity contribution in [2.75, 3.05) is 0 Å². The third-order valence-electron chi connectivity index (χ3n) is 16.4. The van der Waals surface area contributed by atoms with Crippen LogP contribution < -0.4 is 0 Å². The van der Waals surface area contributed by atoms with Crippen LogP contribution in [0.15, 0.2) is 24.3 Å². The van der Waals surface area contributed by atoms with Gasteiger partial charge in [0, 0.05) is 6.42 Å². The molecule has 53 heavy (non-hydrogen) atoms. The normalized spacial score (nSPS) is 32.5. The highest BCUT2D eigenvalue weighted by molar-refractivity contribution is 5.69. The number of allylic oxidation sites excluding steroid dienone is 4. The van der Waals surface area contributed by atoms with Crippen molar-refractivity contribution in [3.05, 3.63) is 24.3 Å². The molecular weight excluding hydrogens is 645 g/mol. The molecule has 0 aromatic heterocycles. The van der Waals surface area contributed by atoms with E-state index >= 15 is 0 Å². The molecule has 4 rings (SSSR count). The Labute approximate surface area is 331 Å². The van der Waals surface area contributed by atoms with Gasteiger partial charge < -0.3 is 4.74 Å². The van der Waals surface area contributed by atoms with Gasteiger partial charge in [-0.3, -0.25) is 4.79 Å². The first kappa shape index (κ1) is 44.7. The van der Waals surface area contributed by atoms with Gasteiger partial charge in [-0.25, -0.2) is 0 Å². The van der Waals surface area contributed by atoms with E-state index in [2.05, 4.69) is 72.8 Å². The van der Waals surface area contributed by atoms with Crippen LogP contribution in [-0.2, 0) is 9.53 Å². The Bertz CT molecular complexity index is 1070. The van der Waals surface area contributed by atoms with Gasteiger partial charge in [-0.1, -0.05) is 150 Å². The van der Waals surface area contributed by atoms with Crippen molar-refractivity contribution < 1.29 is 9.53 Å². The Morgan fingerprint density at radius 2 is 1.28 bits per heavy atom. The molecule has 0 radical (unpaired) electrons. The largest absolute Gasteiger partial charge is 0.462 e. The molecule has 0 saturated heterocycles. The molecule has 0 aliphatic heterocycles. The van der Waals surface area contributed by atoms with Gasteiger partial charge in [0.15, 0.2) is 0 Å². The number of ether oxygens (including phenoxy) is 1. The summed E-state index contributed by atoms with van der Waals surface area (Å²) in [5, 5.41) is 0. The number of esters is 1. The van der Waals surface area contributed by atoms with Crippen LogP contribution in [0.4, 0.5) is 0 Å². The molecule has 0 spiro atoms. The minimum absolute atomic E-state index is 0.0764. The van der Waals surface area contributed by atoms with E-state index < -0.39 is 0 Å². The Morgan fingerprint density at radius 3 is 1.98 bits per heavy atom. The van der Waals surface area contributed by atoms with Crippen LogP contribution in [0.2, 0.25) is 0 Å². The number of fused-ring (bicyclic) bond motifs is 5. The fourth-order valence-electron chi connectivity index (χ4n) is 13.0. The van der Waals surface area contributed by atoms with Crippen LogP contribution in [0, 0.1) is 58.2 Å². The molecule has 2 heteroatoms. The number of hydrogen-bond acceptors (Lipinski definition) is 2. The van der Waals surface area contributed by atoms with E-state index in [9.17, 15) is 4.79 Å². The van der Waals surface area contributed by atoms with E-state index in [1.54, 1.807) is 0 Å². The average Bonchev–Trinajstić information content (AvgIpc) is 3.50. The maximum Gasteiger partial charge on any atom is 0.306 e. The standard InChI is InChI=1S/C51H90O2/c1-8-10-12-14-15-16-17-18-19-20-21-22-23-24-26-28-49(52)53-44-35-37-50(6)43(39-44)31-32-45-47-34-33-46(51(47,7)38-36-48(45)50)41(5)29-30-42(40(3)4)27-25-13-11-9-2/h16-19,40-48H,8-15,20-39H2,1-7H3/b17-16+,19-18+/t41?,42?,43?,44?,45?,46?,47?,48?,50-,51+/m0/s1. The van der Waals surface area contributed by atoms with Crippen molar-refractivity contribution in [3.63, 3.8) is 0 Å². The first-order valence-electron chi connectivity index (χ1n) is 24.1. The summed E-state index contributed by atoms with van der Waals surface area (Å²) < 4.78 is 6.20. The monoisotopic (exact) mass is 735 g/mol. The van der Waals surface area contributed by atoms with Crippen LogP contribution in [0.5, 0.6) is 0 Å². The highest BCUT2D eigenvalue weighted by Crippen LogP contribution is 2.68. The molecule has 4 saturated carbocycles. The molecule has 8 unspecified atom stereocenters. The summed E-state index contributed by atoms with van der Waals surface area (Å²) in [6.07, 6.45) is 45.7. The van der Waals surface area contributed by atoms with E-state index in [4.69, 9.17) is 4.74 Å². The Morgan fingerprint density at radius 1 is 0.660 bits per heavy atom. The molecule has 0 aromatic rings. The Balaban J connectivity index is 1.13. The van der Waals surface area contributed by atoms with Crippen molar-refractivity contribution in [1.82, 2.24) is 0 Å². The zero-order chi connectivity index (χ0) is 38.1. The third kappa shape index (κ3) is 13.0. The van der Waals surface area contributed by atoms with Crippen LogP contribution in [-0.4, -0.2) is 12.1 Å². The van der Waals surface area contributed by atoms with Gasteiger partial charge in [0.2, 0.25) is 0 Å². The molecular formula is C51H90O2. The van der Waals surface area contributed by atoms with E-state index in [-0.39, 0.29) is 12.1 Å². The lowest BCUT2D eigenvalue weighted by Crippen LogP contribution is -2.54. The highest BCUT2D eigenvalue weighted by Gasteiger charge is 2.60. The van der Waals surface area contributed by atoms with Crippen LogP contribution in [0.1, 0.15) is 228 Å². The lowest BCUT2D eigenvalue weighted by molar-refractivity contribution is -0.162. The van der Waals surface area contributed by atoms with Crippen molar-refractivity contribution in [2.45, 2.75) is 234 Å². The summed E-state index contributed by atoms with van der Waals surface area (Å²) >= 11 is 0. The fraction of sp³-hybridized carbons (Fsp3) is 0.902. The van der Waals surface area contributed by atoms with Crippen LogP contribution in [0.3, 0.4) is 0 Å². The Kier molecular flexibility index (Phi) is 19.6. The maximum atomic E-state index is 12.9. The second-order valence-corrected chi connectivity index (χ2v) is 20.2. The van der Waals surface area contributed by atoms with Gasteiger partial charge in [0.1, 0.15) is 6.10 Å². The van der Waals surface area contributed by atoms with Gasteiger partial charge in [-0.15, -0.1) is 0 Å². The first-order chi connectivity index (χ1) is 25.6. The SMILES string of the molecule is CCCCCC/C=C/C=C/CCCCCCCC(=O)OC1CC[C@@]2(C)C(CCC3C4CCC(C(C)CCC(CCCCCC)C(C)C)[C@@]4(C)CCC32)C1. The van der Waals surface area contributed by atoms with Crippen molar-refractivity contribution >= 4 is 5.97 Å². The molecule has 2 nitrogen and oxygen atoms in total. The zero-order valence-electron chi connectivity index (χ0n) is 36.6. The molecule has 4 aliphatic rings. The lowest BCUT2D eigenvalue weighted by atomic mass is 9.44. The summed E-state index contributed by atoms with van der Waals surface area (Å²) in [4.78, 5) is 12.9. The lowest BCUT2D eigenvalue weighted by Gasteiger charge is -2.61. The third-order valence-corrected chi connectivity index (χ3v) is 16.4. The second kappa shape index (κ2) is 23.2. The molecule has 0 heterocycles. The summed E-state index contributed by atoms with van der Waals surface area (Å²) in [6, 6.07) is 0. The number of carbonyl (C=O) groups excluding carboxylic acids is 1. The smallest absolute Gasteiger partial charge is 0.306 e. The van der Waals surface area contributed by atoms with Gasteiger partial charge in [-0.2, -0.15) is 0 Å². The number of carbonyl (C=O) groups is 1. The molecule has 10 atom stereocenters. The second-order valence-electron chi connectivity index (χ2n) is 20.2. The molecule has 0 N–H and O–H groups in total. The van der Waals surface area contributed by atoms with Crippen molar-refractivity contribution in [1.29, 1.82) is 0 Å². The summed E-state index contributed by atoms with van der Waals surface area (Å²) in [7, 11) is 0. The van der Waals surface area contributed by atoms with Crippen molar-refractivity contribution in [2.24, 2.45) is 58.2 Å². The fourth-order valence-corrected chi connectivity index (χ4v) is 13.0. The van der Waals surface area contributed by atoms with Gasteiger partial charge in [0.25, 0.3) is 0 Å². The number of hydrogen-bond donors (Lipinski definition) is 0. The quantitative estimate of drug-likeness (QED) is 0.0530. The number of unbranched alkanes of at least 4 members (excludes halogenated alkanes) is 12. The van der Waals surface area contributed by atoms with Gasteiger partial charge >= 0.3 is 5.97 Å². The van der Waals surface area contributed by atoms with Crippen LogP contribution >= 0.6 is 0 Å². The van der Waals surface area contributed by atoms with Gasteiger partial charge in [0.05, 0.1) is 0 Å². The molecule has 306 valence electrons. The summed E-state index contributed by atoms with van der Waals surface area (Å²) in [6.45, 7) is 17.7. The highest BCUT2D eigenvalue weighted by atomic mass is 16.5. The molecule has 4 aliphatic carbocycles. The maximum absolute atomic E-state index is 12.9. The minimum atomic E-state index is 0.0764. The predicted octanol–water partition coefficient (Wildman–Crippen LogP) is 16.0. The molecule has 0 amide bonds. The van der Waals surface area contributed by atoms with Crippen molar-refractivity contribution in [3.8, 4) is 0 Å². The number of rotatable bonds is 25. The predicted molar refractivity (Wildman–Crippen MR) is 230 cm³/mol. The summed E-state index contributed by atoms with van der Waals surface area (Å²) in [5.74, 6) is 7.16. The van der Waals surface area contributed by atoms with E-state index in [0.29, 0.717) is 17.3 Å². The minimum Gasteiger partial charge on any atom is -0.462 e.